The van der Waals surface area contributed by atoms with Gasteiger partial charge in [-0.25, -0.2) is 5.43 Å². The number of hydrogen-bond donors (Lipinski definition) is 2. The van der Waals surface area contributed by atoms with Crippen molar-refractivity contribution < 1.29 is 17.9 Å². The van der Waals surface area contributed by atoms with Crippen molar-refractivity contribution in [2.24, 2.45) is 5.84 Å². The Kier molecular flexibility index (Phi) is 3.54. The van der Waals surface area contributed by atoms with E-state index in [4.69, 9.17) is 10.6 Å². The number of hydrazine groups is 1. The van der Waals surface area contributed by atoms with Crippen molar-refractivity contribution in [2.75, 3.05) is 7.11 Å². The number of alkyl halides is 3. The highest BCUT2D eigenvalue weighted by Crippen LogP contribution is 2.36. The monoisotopic (exact) mass is 220 g/mol. The smallest absolute Gasteiger partial charge is 0.409 e. The number of para-hydroxylation sites is 1. The van der Waals surface area contributed by atoms with Gasteiger partial charge < -0.3 is 4.74 Å². The first kappa shape index (κ1) is 11.8. The van der Waals surface area contributed by atoms with Crippen molar-refractivity contribution in [2.45, 2.75) is 12.2 Å². The zero-order valence-electron chi connectivity index (χ0n) is 8.01. The first-order valence-electron chi connectivity index (χ1n) is 4.16. The molecular formula is C9H11F3N2O. The van der Waals surface area contributed by atoms with Gasteiger partial charge in [-0.3, -0.25) is 5.84 Å². The molecule has 3 N–H and O–H groups in total. The second-order valence-corrected chi connectivity index (χ2v) is 2.88. The second kappa shape index (κ2) is 4.50. The van der Waals surface area contributed by atoms with Crippen LogP contribution in [0.5, 0.6) is 5.75 Å². The summed E-state index contributed by atoms with van der Waals surface area (Å²) in [5.41, 5.74) is 1.70. The van der Waals surface area contributed by atoms with Crippen molar-refractivity contribution in [1.82, 2.24) is 5.43 Å². The fourth-order valence-corrected chi connectivity index (χ4v) is 1.27. The minimum atomic E-state index is -4.45. The van der Waals surface area contributed by atoms with E-state index < -0.39 is 12.2 Å². The summed E-state index contributed by atoms with van der Waals surface area (Å²) in [6.45, 7) is 0. The normalized spacial score (nSPS) is 13.7. The zero-order valence-corrected chi connectivity index (χ0v) is 8.01. The van der Waals surface area contributed by atoms with Gasteiger partial charge in [-0.05, 0) is 6.07 Å². The van der Waals surface area contributed by atoms with E-state index in [1.807, 2.05) is 0 Å². The molecule has 0 aliphatic rings. The Labute approximate surface area is 85.0 Å². The highest BCUT2D eigenvalue weighted by atomic mass is 19.4. The van der Waals surface area contributed by atoms with Crippen LogP contribution in [0, 0.1) is 0 Å². The summed E-state index contributed by atoms with van der Waals surface area (Å²) in [5.74, 6) is 5.04. The van der Waals surface area contributed by atoms with Gasteiger partial charge >= 0.3 is 6.18 Å². The third kappa shape index (κ3) is 2.60. The van der Waals surface area contributed by atoms with Crippen molar-refractivity contribution in [3.8, 4) is 5.75 Å². The van der Waals surface area contributed by atoms with E-state index in [1.54, 1.807) is 11.5 Å². The van der Waals surface area contributed by atoms with Crippen molar-refractivity contribution in [1.29, 1.82) is 0 Å². The van der Waals surface area contributed by atoms with E-state index in [1.165, 1.54) is 25.3 Å². The molecule has 0 amide bonds. The Hall–Kier alpha value is -1.27. The molecule has 1 unspecified atom stereocenters. The summed E-state index contributed by atoms with van der Waals surface area (Å²) in [6.07, 6.45) is -4.45. The lowest BCUT2D eigenvalue weighted by Gasteiger charge is -2.21. The number of ether oxygens (including phenoxy) is 1. The summed E-state index contributed by atoms with van der Waals surface area (Å²) < 4.78 is 42.4. The average molecular weight is 220 g/mol. The number of methoxy groups -OCH3 is 1. The van der Waals surface area contributed by atoms with E-state index >= 15 is 0 Å². The number of hydrogen-bond acceptors (Lipinski definition) is 3. The van der Waals surface area contributed by atoms with E-state index in [-0.39, 0.29) is 11.3 Å². The van der Waals surface area contributed by atoms with E-state index in [2.05, 4.69) is 0 Å². The Morgan fingerprint density at radius 1 is 1.33 bits per heavy atom. The molecule has 0 saturated heterocycles. The number of nitrogens with two attached hydrogens (primary N) is 1. The van der Waals surface area contributed by atoms with Gasteiger partial charge in [0.1, 0.15) is 11.8 Å². The highest BCUT2D eigenvalue weighted by Gasteiger charge is 2.41. The molecule has 0 aliphatic carbocycles. The van der Waals surface area contributed by atoms with Gasteiger partial charge in [-0.2, -0.15) is 13.2 Å². The van der Waals surface area contributed by atoms with Gasteiger partial charge in [0.2, 0.25) is 0 Å². The molecule has 6 heteroatoms. The average Bonchev–Trinajstić information content (AvgIpc) is 2.17. The first-order valence-corrected chi connectivity index (χ1v) is 4.16. The van der Waals surface area contributed by atoms with Crippen LogP contribution in [-0.2, 0) is 0 Å². The Bertz CT molecular complexity index is 327. The van der Waals surface area contributed by atoms with Crippen LogP contribution in [-0.4, -0.2) is 13.3 Å². The topological polar surface area (TPSA) is 47.3 Å². The molecule has 1 aromatic rings. The van der Waals surface area contributed by atoms with Crippen LogP contribution in [0.3, 0.4) is 0 Å². The van der Waals surface area contributed by atoms with Crippen LogP contribution in [0.2, 0.25) is 0 Å². The molecule has 3 nitrogen and oxygen atoms in total. The first-order chi connectivity index (χ1) is 7.00. The molecule has 0 aliphatic heterocycles. The molecule has 1 rings (SSSR count). The van der Waals surface area contributed by atoms with Crippen molar-refractivity contribution >= 4 is 0 Å². The van der Waals surface area contributed by atoms with Crippen LogP contribution in [0.1, 0.15) is 11.6 Å². The number of halogens is 3. The van der Waals surface area contributed by atoms with Crippen molar-refractivity contribution in [3.05, 3.63) is 29.8 Å². The van der Waals surface area contributed by atoms with Gasteiger partial charge in [0.05, 0.1) is 7.11 Å². The van der Waals surface area contributed by atoms with Gasteiger partial charge in [0.25, 0.3) is 0 Å². The predicted molar refractivity (Wildman–Crippen MR) is 49.1 cm³/mol. The maximum atomic E-state index is 12.5. The highest BCUT2D eigenvalue weighted by molar-refractivity contribution is 5.36. The lowest BCUT2D eigenvalue weighted by atomic mass is 10.1. The summed E-state index contributed by atoms with van der Waals surface area (Å²) in [5, 5.41) is 0. The molecule has 1 aromatic carbocycles. The number of rotatable bonds is 3. The third-order valence-electron chi connectivity index (χ3n) is 1.94. The van der Waals surface area contributed by atoms with Gasteiger partial charge in [-0.1, -0.05) is 18.2 Å². The van der Waals surface area contributed by atoms with Crippen LogP contribution in [0.4, 0.5) is 13.2 Å². The Morgan fingerprint density at radius 3 is 2.40 bits per heavy atom. The summed E-state index contributed by atoms with van der Waals surface area (Å²) in [7, 11) is 1.31. The minimum absolute atomic E-state index is 0.0324. The minimum Gasteiger partial charge on any atom is -0.496 e. The number of nitrogens with one attached hydrogen (secondary N) is 1. The number of benzene rings is 1. The SMILES string of the molecule is COc1ccccc1C(NN)C(F)(F)F. The summed E-state index contributed by atoms with van der Waals surface area (Å²) in [6, 6.07) is 3.93. The molecule has 0 radical (unpaired) electrons. The lowest BCUT2D eigenvalue weighted by molar-refractivity contribution is -0.158. The molecule has 0 spiro atoms. The largest absolute Gasteiger partial charge is 0.496 e. The van der Waals surface area contributed by atoms with Gasteiger partial charge in [-0.15, -0.1) is 0 Å². The molecule has 0 fully saturated rings. The van der Waals surface area contributed by atoms with E-state index in [9.17, 15) is 13.2 Å². The van der Waals surface area contributed by atoms with E-state index in [0.717, 1.165) is 0 Å². The van der Waals surface area contributed by atoms with Crippen molar-refractivity contribution in [3.63, 3.8) is 0 Å². The van der Waals surface area contributed by atoms with E-state index in [0.29, 0.717) is 0 Å². The molecule has 1 atom stereocenters. The Morgan fingerprint density at radius 2 is 1.93 bits per heavy atom. The van der Waals surface area contributed by atoms with Crippen LogP contribution in [0.15, 0.2) is 24.3 Å². The molecule has 0 saturated carbocycles. The molecule has 0 bridgehead atoms. The molecule has 84 valence electrons. The fraction of sp³-hybridized carbons (Fsp3) is 0.333. The van der Waals surface area contributed by atoms with Gasteiger partial charge in [0.15, 0.2) is 0 Å². The summed E-state index contributed by atoms with van der Waals surface area (Å²) >= 11 is 0. The Balaban J connectivity index is 3.12. The third-order valence-corrected chi connectivity index (χ3v) is 1.94. The standard InChI is InChI=1S/C9H11F3N2O/c1-15-7-5-3-2-4-6(7)8(14-13)9(10,11)12/h2-5,8,14H,13H2,1H3. The quantitative estimate of drug-likeness (QED) is 0.602. The van der Waals surface area contributed by atoms with Gasteiger partial charge in [0, 0.05) is 5.56 Å². The molecule has 0 aromatic heterocycles. The summed E-state index contributed by atoms with van der Waals surface area (Å²) in [4.78, 5) is 0. The van der Waals surface area contributed by atoms with Crippen LogP contribution in [0.25, 0.3) is 0 Å². The second-order valence-electron chi connectivity index (χ2n) is 2.88. The predicted octanol–water partition coefficient (Wildman–Crippen LogP) is 1.76. The fourth-order valence-electron chi connectivity index (χ4n) is 1.27. The molecular weight excluding hydrogens is 209 g/mol. The van der Waals surface area contributed by atoms with Crippen LogP contribution < -0.4 is 16.0 Å². The van der Waals surface area contributed by atoms with Crippen LogP contribution >= 0.6 is 0 Å². The lowest BCUT2D eigenvalue weighted by Crippen LogP contribution is -2.38. The molecule has 15 heavy (non-hydrogen) atoms. The maximum Gasteiger partial charge on any atom is 0.409 e. The maximum absolute atomic E-state index is 12.5. The zero-order chi connectivity index (χ0) is 11.5. The molecule has 0 heterocycles.